The topological polar surface area (TPSA) is 96.7 Å². The molecule has 0 amide bonds. The van der Waals surface area contributed by atoms with Crippen LogP contribution in [-0.4, -0.2) is 41.5 Å². The van der Waals surface area contributed by atoms with Crippen molar-refractivity contribution in [1.29, 1.82) is 0 Å². The zero-order valence-corrected chi connectivity index (χ0v) is 18.1. The third kappa shape index (κ3) is 4.57. The highest BCUT2D eigenvalue weighted by Crippen LogP contribution is 2.40. The van der Waals surface area contributed by atoms with E-state index in [1.54, 1.807) is 6.07 Å². The number of aliphatic hydroxyl groups excluding tert-OH is 1. The van der Waals surface area contributed by atoms with Crippen LogP contribution in [0.2, 0.25) is 5.02 Å². The van der Waals surface area contributed by atoms with Crippen molar-refractivity contribution in [2.45, 2.75) is 41.0 Å². The number of aliphatic hydroxyl groups is 1. The normalized spacial score (nSPS) is 31.6. The molecule has 2 heterocycles. The Bertz CT molecular complexity index is 918. The lowest BCUT2D eigenvalue weighted by atomic mass is 9.97. The maximum Gasteiger partial charge on any atom is 0.184 e. The van der Waals surface area contributed by atoms with E-state index in [-0.39, 0.29) is 6.61 Å². The molecule has 7 nitrogen and oxygen atoms in total. The molecule has 2 aromatic rings. The van der Waals surface area contributed by atoms with Gasteiger partial charge in [0.25, 0.3) is 0 Å². The molecule has 6 atom stereocenters. The minimum absolute atomic E-state index is 0.256. The number of halogens is 2. The summed E-state index contributed by atoms with van der Waals surface area (Å²) in [5, 5.41) is 15.2. The van der Waals surface area contributed by atoms with E-state index < -0.39 is 36.1 Å². The van der Waals surface area contributed by atoms with E-state index in [9.17, 15) is 5.11 Å². The lowest BCUT2D eigenvalue weighted by molar-refractivity contribution is -0.297. The van der Waals surface area contributed by atoms with Gasteiger partial charge in [0.15, 0.2) is 6.29 Å². The van der Waals surface area contributed by atoms with Gasteiger partial charge in [0, 0.05) is 19.8 Å². The van der Waals surface area contributed by atoms with Gasteiger partial charge < -0.3 is 19.3 Å². The fourth-order valence-electron chi connectivity index (χ4n) is 3.33. The predicted octanol–water partition coefficient (Wildman–Crippen LogP) is 5.07. The first-order chi connectivity index (χ1) is 14.1. The second kappa shape index (κ2) is 9.24. The maximum atomic E-state index is 10.9. The van der Waals surface area contributed by atoms with Gasteiger partial charge in [-0.25, -0.2) is 0 Å². The van der Waals surface area contributed by atoms with E-state index in [4.69, 9.17) is 31.3 Å². The third-order valence-corrected chi connectivity index (χ3v) is 7.11. The number of hydrogen-bond donors (Lipinski definition) is 1. The monoisotopic (exact) mass is 497 g/mol. The van der Waals surface area contributed by atoms with Gasteiger partial charge in [-0.05, 0) is 39.7 Å². The van der Waals surface area contributed by atoms with Crippen LogP contribution < -0.4 is 0 Å². The van der Waals surface area contributed by atoms with Gasteiger partial charge in [0.2, 0.25) is 0 Å². The van der Waals surface area contributed by atoms with Crippen molar-refractivity contribution in [3.8, 4) is 0 Å². The summed E-state index contributed by atoms with van der Waals surface area (Å²) in [6, 6.07) is 14.1. The van der Waals surface area contributed by atoms with Crippen LogP contribution in [0.5, 0.6) is 0 Å². The largest absolute Gasteiger partial charge is 0.389 e. The van der Waals surface area contributed by atoms with Crippen LogP contribution in [0.1, 0.15) is 11.9 Å². The molecule has 0 radical (unpaired) electrons. The van der Waals surface area contributed by atoms with Crippen molar-refractivity contribution >= 4 is 39.3 Å². The highest BCUT2D eigenvalue weighted by Gasteiger charge is 2.49. The average molecular weight is 499 g/mol. The molecule has 2 aliphatic heterocycles. The first kappa shape index (κ1) is 21.0. The highest BCUT2D eigenvalue weighted by atomic mass is 79.9. The number of nitrogens with zero attached hydrogens (tertiary/aromatic N) is 3. The van der Waals surface area contributed by atoms with Crippen LogP contribution in [0, 0.1) is 0 Å². The van der Waals surface area contributed by atoms with E-state index in [1.807, 2.05) is 42.5 Å². The summed E-state index contributed by atoms with van der Waals surface area (Å²) in [6.07, 6.45) is -2.77. The molecule has 29 heavy (non-hydrogen) atoms. The summed E-state index contributed by atoms with van der Waals surface area (Å²) >= 11 is 10.8. The number of hydrogen-bond acceptors (Lipinski definition) is 6. The van der Waals surface area contributed by atoms with Crippen molar-refractivity contribution in [2.24, 2.45) is 5.11 Å². The minimum Gasteiger partial charge on any atom is -0.389 e. The summed E-state index contributed by atoms with van der Waals surface area (Å²) in [6.45, 7) is 0.256. The van der Waals surface area contributed by atoms with Crippen LogP contribution in [0.4, 0.5) is 0 Å². The zero-order valence-electron chi connectivity index (χ0n) is 15.0. The summed E-state index contributed by atoms with van der Waals surface area (Å²) in [5.41, 5.74) is 9.23. The summed E-state index contributed by atoms with van der Waals surface area (Å²) in [4.78, 5) is 3.74. The van der Waals surface area contributed by atoms with Crippen molar-refractivity contribution in [2.75, 3.05) is 6.61 Å². The first-order valence-electron chi connectivity index (χ1n) is 8.88. The van der Waals surface area contributed by atoms with Gasteiger partial charge in [-0.2, -0.15) is 0 Å². The van der Waals surface area contributed by atoms with Gasteiger partial charge >= 0.3 is 0 Å². The Morgan fingerprint density at radius 2 is 2.00 bits per heavy atom. The molecule has 10 heteroatoms. The number of thioether (sulfide) groups is 1. The molecular formula is C19H17BrClN3O4S. The van der Waals surface area contributed by atoms with E-state index in [0.717, 1.165) is 14.9 Å². The number of rotatable bonds is 4. The van der Waals surface area contributed by atoms with Crippen LogP contribution >= 0.6 is 39.3 Å². The Morgan fingerprint density at radius 1 is 1.21 bits per heavy atom. The number of azide groups is 1. The first-order valence-corrected chi connectivity index (χ1v) is 10.9. The number of benzene rings is 2. The Morgan fingerprint density at radius 3 is 2.72 bits per heavy atom. The lowest BCUT2D eigenvalue weighted by Gasteiger charge is -2.46. The molecule has 0 bridgehead atoms. The van der Waals surface area contributed by atoms with Crippen molar-refractivity contribution < 1.29 is 19.3 Å². The maximum absolute atomic E-state index is 10.9. The second-order valence-electron chi connectivity index (χ2n) is 6.60. The van der Waals surface area contributed by atoms with Crippen LogP contribution in [-0.2, 0) is 14.2 Å². The van der Waals surface area contributed by atoms with E-state index >= 15 is 0 Å². The van der Waals surface area contributed by atoms with Gasteiger partial charge in [-0.1, -0.05) is 58.8 Å². The molecule has 152 valence electrons. The average Bonchev–Trinajstić information content (AvgIpc) is 2.74. The molecule has 0 aliphatic carbocycles. The SMILES string of the molecule is [N-]=[N+]=N[C@@H]1C(O)[C@@H](Sc2ccc(Br)c(Cl)c2)OC2COC(c3ccccc3)O[C@@H]21. The van der Waals surface area contributed by atoms with E-state index in [1.165, 1.54) is 11.8 Å². The summed E-state index contributed by atoms with van der Waals surface area (Å²) in [7, 11) is 0. The molecule has 4 rings (SSSR count). The van der Waals surface area contributed by atoms with E-state index in [2.05, 4.69) is 26.0 Å². The summed E-state index contributed by atoms with van der Waals surface area (Å²) < 4.78 is 18.7. The van der Waals surface area contributed by atoms with Crippen LogP contribution in [0.3, 0.4) is 0 Å². The molecule has 3 unspecified atom stereocenters. The van der Waals surface area contributed by atoms with Gasteiger partial charge in [-0.15, -0.1) is 0 Å². The van der Waals surface area contributed by atoms with Crippen LogP contribution in [0.15, 0.2) is 63.0 Å². The van der Waals surface area contributed by atoms with Gasteiger partial charge in [0.1, 0.15) is 23.7 Å². The van der Waals surface area contributed by atoms with Gasteiger partial charge in [-0.3, -0.25) is 0 Å². The quantitative estimate of drug-likeness (QED) is 0.360. The van der Waals surface area contributed by atoms with Crippen molar-refractivity contribution in [3.63, 3.8) is 0 Å². The zero-order chi connectivity index (χ0) is 20.4. The molecular weight excluding hydrogens is 482 g/mol. The molecule has 2 aliphatic rings. The second-order valence-corrected chi connectivity index (χ2v) is 9.03. The Kier molecular flexibility index (Phi) is 6.68. The smallest absolute Gasteiger partial charge is 0.184 e. The molecule has 0 saturated carbocycles. The molecule has 2 fully saturated rings. The lowest BCUT2D eigenvalue weighted by Crippen LogP contribution is -2.60. The number of ether oxygens (including phenoxy) is 3. The fourth-order valence-corrected chi connectivity index (χ4v) is 4.92. The fraction of sp³-hybridized carbons (Fsp3) is 0.368. The van der Waals surface area contributed by atoms with Crippen molar-refractivity contribution in [1.82, 2.24) is 0 Å². The van der Waals surface area contributed by atoms with E-state index in [0.29, 0.717) is 5.02 Å². The molecule has 2 saturated heterocycles. The Balaban J connectivity index is 1.54. The molecule has 0 aromatic heterocycles. The number of fused-ring (bicyclic) bond motifs is 1. The molecule has 2 aromatic carbocycles. The Labute approximate surface area is 185 Å². The predicted molar refractivity (Wildman–Crippen MR) is 113 cm³/mol. The minimum atomic E-state index is -1.06. The molecule has 1 N–H and O–H groups in total. The standard InChI is InChI=1S/C19H17BrClN3O4S/c20-12-7-6-11(8-13(12)21)29-19-16(25)15(23-24-22)17-14(27-19)9-26-18(28-17)10-4-2-1-3-5-10/h1-8,14-19,25H,9H2/t14?,15-,16?,17+,18?,19-/m1/s1. The Hall–Kier alpha value is -1.29. The molecule has 0 spiro atoms. The third-order valence-electron chi connectivity index (χ3n) is 4.73. The summed E-state index contributed by atoms with van der Waals surface area (Å²) in [5.74, 6) is 0. The van der Waals surface area contributed by atoms with Crippen LogP contribution in [0.25, 0.3) is 10.4 Å². The highest BCUT2D eigenvalue weighted by molar-refractivity contribution is 9.10. The van der Waals surface area contributed by atoms with Gasteiger partial charge in [0.05, 0.1) is 17.7 Å². The van der Waals surface area contributed by atoms with Crippen molar-refractivity contribution in [3.05, 3.63) is 74.0 Å².